The van der Waals surface area contributed by atoms with Crippen LogP contribution in [0.25, 0.3) is 21.3 Å². The molecule has 5 rings (SSSR count). The van der Waals surface area contributed by atoms with Crippen molar-refractivity contribution in [1.82, 2.24) is 14.9 Å². The van der Waals surface area contributed by atoms with Crippen molar-refractivity contribution in [3.63, 3.8) is 0 Å². The first-order chi connectivity index (χ1) is 13.2. The molecule has 27 heavy (non-hydrogen) atoms. The molecule has 6 nitrogen and oxygen atoms in total. The normalized spacial score (nSPS) is 15.0. The van der Waals surface area contributed by atoms with E-state index in [1.165, 1.54) is 6.39 Å². The number of rotatable bonds is 2. The summed E-state index contributed by atoms with van der Waals surface area (Å²) in [6, 6.07) is 11.1. The molecule has 1 saturated heterocycles. The van der Waals surface area contributed by atoms with Crippen LogP contribution in [0.5, 0.6) is 0 Å². The Labute approximate surface area is 164 Å². The van der Waals surface area contributed by atoms with Crippen LogP contribution in [0, 0.1) is 0 Å². The van der Waals surface area contributed by atoms with Crippen molar-refractivity contribution in [3.8, 4) is 0 Å². The van der Waals surface area contributed by atoms with E-state index in [0.717, 1.165) is 33.5 Å². The molecule has 0 saturated carbocycles. The second-order valence-corrected chi connectivity index (χ2v) is 7.87. The average molecular weight is 399 g/mol. The number of benzene rings is 2. The van der Waals surface area contributed by atoms with Gasteiger partial charge in [0.2, 0.25) is 0 Å². The van der Waals surface area contributed by atoms with Crippen molar-refractivity contribution in [2.45, 2.75) is 0 Å². The molecule has 0 spiro atoms. The fourth-order valence-electron chi connectivity index (χ4n) is 3.30. The molecule has 1 fully saturated rings. The lowest BCUT2D eigenvalue weighted by atomic mass is 10.1. The summed E-state index contributed by atoms with van der Waals surface area (Å²) in [6.07, 6.45) is 1.39. The van der Waals surface area contributed by atoms with Gasteiger partial charge in [0.1, 0.15) is 5.52 Å². The highest BCUT2D eigenvalue weighted by Gasteiger charge is 2.24. The zero-order valence-corrected chi connectivity index (χ0v) is 15.8. The van der Waals surface area contributed by atoms with E-state index in [1.54, 1.807) is 29.5 Å². The smallest absolute Gasteiger partial charge is 0.254 e. The average Bonchev–Trinajstić information content (AvgIpc) is 3.33. The van der Waals surface area contributed by atoms with Gasteiger partial charge >= 0.3 is 0 Å². The van der Waals surface area contributed by atoms with Gasteiger partial charge in [-0.15, -0.1) is 0 Å². The van der Waals surface area contributed by atoms with Crippen molar-refractivity contribution in [2.24, 2.45) is 0 Å². The topological polar surface area (TPSA) is 62.5 Å². The summed E-state index contributed by atoms with van der Waals surface area (Å²) >= 11 is 7.70. The van der Waals surface area contributed by atoms with Gasteiger partial charge in [-0.3, -0.25) is 4.79 Å². The van der Waals surface area contributed by atoms with Crippen molar-refractivity contribution < 1.29 is 9.21 Å². The van der Waals surface area contributed by atoms with E-state index in [0.29, 0.717) is 29.8 Å². The van der Waals surface area contributed by atoms with Gasteiger partial charge in [0.25, 0.3) is 5.91 Å². The van der Waals surface area contributed by atoms with Gasteiger partial charge in [-0.25, -0.2) is 9.97 Å². The summed E-state index contributed by atoms with van der Waals surface area (Å²) in [5.74, 6) is 0.0237. The molecule has 3 heterocycles. The number of nitrogens with zero attached hydrogens (tertiary/aromatic N) is 4. The van der Waals surface area contributed by atoms with Crippen molar-refractivity contribution in [3.05, 3.63) is 53.4 Å². The molecule has 1 aliphatic heterocycles. The van der Waals surface area contributed by atoms with Crippen LogP contribution in [-0.2, 0) is 0 Å². The Morgan fingerprint density at radius 1 is 1.07 bits per heavy atom. The lowest BCUT2D eigenvalue weighted by molar-refractivity contribution is 0.0747. The Morgan fingerprint density at radius 3 is 2.78 bits per heavy atom. The third kappa shape index (κ3) is 3.02. The highest BCUT2D eigenvalue weighted by molar-refractivity contribution is 7.22. The molecule has 4 aromatic rings. The standard InChI is InChI=1S/C19H15ClN4O2S/c20-13-2-3-14-17(10-13)27-19(22-14)24-7-5-23(6-8-24)18(25)12-1-4-16-15(9-12)21-11-26-16/h1-4,9-11H,5-8H2. The zero-order valence-electron chi connectivity index (χ0n) is 14.3. The molecule has 1 aliphatic rings. The number of fused-ring (bicyclic) bond motifs is 2. The lowest BCUT2D eigenvalue weighted by Gasteiger charge is -2.34. The third-order valence-corrected chi connectivity index (χ3v) is 6.07. The second kappa shape index (κ2) is 6.51. The fraction of sp³-hybridized carbons (Fsp3) is 0.211. The fourth-order valence-corrected chi connectivity index (χ4v) is 4.59. The van der Waals surface area contributed by atoms with Gasteiger partial charge in [0.15, 0.2) is 17.1 Å². The van der Waals surface area contributed by atoms with E-state index in [-0.39, 0.29) is 5.91 Å². The van der Waals surface area contributed by atoms with E-state index in [9.17, 15) is 4.79 Å². The maximum atomic E-state index is 12.8. The first-order valence-corrected chi connectivity index (χ1v) is 9.80. The van der Waals surface area contributed by atoms with Gasteiger partial charge in [0, 0.05) is 36.8 Å². The summed E-state index contributed by atoms with van der Waals surface area (Å²) in [4.78, 5) is 25.7. The number of aromatic nitrogens is 2. The van der Waals surface area contributed by atoms with Crippen molar-refractivity contribution in [2.75, 3.05) is 31.1 Å². The van der Waals surface area contributed by atoms with Gasteiger partial charge in [-0.05, 0) is 36.4 Å². The molecular formula is C19H15ClN4O2S. The quantitative estimate of drug-likeness (QED) is 0.509. The molecule has 0 atom stereocenters. The minimum absolute atomic E-state index is 0.0237. The summed E-state index contributed by atoms with van der Waals surface area (Å²) < 4.78 is 6.32. The maximum absolute atomic E-state index is 12.8. The minimum Gasteiger partial charge on any atom is -0.443 e. The highest BCUT2D eigenvalue weighted by atomic mass is 35.5. The zero-order chi connectivity index (χ0) is 18.4. The summed E-state index contributed by atoms with van der Waals surface area (Å²) in [7, 11) is 0. The predicted molar refractivity (Wildman–Crippen MR) is 107 cm³/mol. The number of hydrogen-bond donors (Lipinski definition) is 0. The van der Waals surface area contributed by atoms with Crippen LogP contribution in [0.15, 0.2) is 47.2 Å². The Balaban J connectivity index is 1.30. The summed E-state index contributed by atoms with van der Waals surface area (Å²) in [5, 5.41) is 1.69. The number of carbonyl (C=O) groups excluding carboxylic acids is 1. The van der Waals surface area contributed by atoms with Gasteiger partial charge in [-0.2, -0.15) is 0 Å². The number of oxazole rings is 1. The van der Waals surface area contributed by atoms with E-state index >= 15 is 0 Å². The monoisotopic (exact) mass is 398 g/mol. The van der Waals surface area contributed by atoms with Gasteiger partial charge in [-0.1, -0.05) is 22.9 Å². The van der Waals surface area contributed by atoms with Gasteiger partial charge < -0.3 is 14.2 Å². The van der Waals surface area contributed by atoms with Crippen LogP contribution >= 0.6 is 22.9 Å². The first kappa shape index (κ1) is 16.5. The second-order valence-electron chi connectivity index (χ2n) is 6.42. The molecule has 0 aliphatic carbocycles. The van der Waals surface area contributed by atoms with E-state index in [2.05, 4.69) is 9.88 Å². The predicted octanol–water partition coefficient (Wildman–Crippen LogP) is 4.05. The molecule has 2 aromatic carbocycles. The molecular weight excluding hydrogens is 384 g/mol. The molecule has 0 unspecified atom stereocenters. The van der Waals surface area contributed by atoms with Crippen LogP contribution in [0.4, 0.5) is 5.13 Å². The summed E-state index contributed by atoms with van der Waals surface area (Å²) in [6.45, 7) is 2.83. The number of thiazole rings is 1. The Hall–Kier alpha value is -2.64. The molecule has 8 heteroatoms. The number of piperazine rings is 1. The molecule has 0 radical (unpaired) electrons. The van der Waals surface area contributed by atoms with E-state index in [1.807, 2.05) is 23.1 Å². The maximum Gasteiger partial charge on any atom is 0.254 e. The highest BCUT2D eigenvalue weighted by Crippen LogP contribution is 2.31. The molecule has 2 aromatic heterocycles. The van der Waals surface area contributed by atoms with Crippen LogP contribution in [-0.4, -0.2) is 47.0 Å². The largest absolute Gasteiger partial charge is 0.443 e. The van der Waals surface area contributed by atoms with E-state index in [4.69, 9.17) is 21.0 Å². The minimum atomic E-state index is 0.0237. The van der Waals surface area contributed by atoms with Gasteiger partial charge in [0.05, 0.1) is 10.2 Å². The SMILES string of the molecule is O=C(c1ccc2ocnc2c1)N1CCN(c2nc3ccc(Cl)cc3s2)CC1. The van der Waals surface area contributed by atoms with Crippen LogP contribution in [0.3, 0.4) is 0 Å². The Bertz CT molecular complexity index is 1150. The third-order valence-electron chi connectivity index (χ3n) is 4.75. The number of halogens is 1. The number of amides is 1. The van der Waals surface area contributed by atoms with Crippen molar-refractivity contribution in [1.29, 1.82) is 0 Å². The van der Waals surface area contributed by atoms with Crippen molar-refractivity contribution >= 4 is 55.3 Å². The first-order valence-electron chi connectivity index (χ1n) is 8.61. The number of hydrogen-bond acceptors (Lipinski definition) is 6. The van der Waals surface area contributed by atoms with Crippen LogP contribution < -0.4 is 4.90 Å². The van der Waals surface area contributed by atoms with Crippen LogP contribution in [0.2, 0.25) is 5.02 Å². The molecule has 1 amide bonds. The lowest BCUT2D eigenvalue weighted by Crippen LogP contribution is -2.48. The Kier molecular flexibility index (Phi) is 3.98. The molecule has 0 bridgehead atoms. The van der Waals surface area contributed by atoms with Crippen LogP contribution in [0.1, 0.15) is 10.4 Å². The molecule has 136 valence electrons. The van der Waals surface area contributed by atoms with E-state index < -0.39 is 0 Å². The molecule has 0 N–H and O–H groups in total. The Morgan fingerprint density at radius 2 is 1.93 bits per heavy atom. The number of carbonyl (C=O) groups is 1. The number of anilines is 1. The summed E-state index contributed by atoms with van der Waals surface area (Å²) in [5.41, 5.74) is 2.98.